The van der Waals surface area contributed by atoms with Crippen molar-refractivity contribution in [3.63, 3.8) is 0 Å². The van der Waals surface area contributed by atoms with E-state index in [1.54, 1.807) is 12.1 Å². The molecule has 2 aromatic carbocycles. The molecule has 0 heterocycles. The van der Waals surface area contributed by atoms with Gasteiger partial charge in [0.25, 0.3) is 0 Å². The fraction of sp³-hybridized carbons (Fsp3) is 0.235. The highest BCUT2D eigenvalue weighted by Crippen LogP contribution is 2.58. The van der Waals surface area contributed by atoms with E-state index in [-0.39, 0.29) is 5.41 Å². The van der Waals surface area contributed by atoms with Crippen molar-refractivity contribution in [1.82, 2.24) is 0 Å². The molecule has 3 rings (SSSR count). The molecule has 1 saturated carbocycles. The maximum atomic E-state index is 11.4. The van der Waals surface area contributed by atoms with Crippen molar-refractivity contribution in [3.05, 3.63) is 69.7 Å². The quantitative estimate of drug-likeness (QED) is 0.867. The monoisotopic (exact) mass is 335 g/mol. The van der Waals surface area contributed by atoms with Crippen LogP contribution in [0.2, 0.25) is 10.0 Å². The third-order valence-corrected chi connectivity index (χ3v) is 4.58. The summed E-state index contributed by atoms with van der Waals surface area (Å²) in [5.41, 5.74) is 6.94. The van der Waals surface area contributed by atoms with Gasteiger partial charge in [-0.05, 0) is 48.2 Å². The van der Waals surface area contributed by atoms with E-state index in [0.717, 1.165) is 24.0 Å². The molecule has 1 amide bonds. The Morgan fingerprint density at radius 2 is 1.77 bits per heavy atom. The van der Waals surface area contributed by atoms with E-state index in [1.807, 2.05) is 36.4 Å². The van der Waals surface area contributed by atoms with Crippen LogP contribution in [-0.2, 0) is 10.2 Å². The zero-order chi connectivity index (χ0) is 15.7. The van der Waals surface area contributed by atoms with Gasteiger partial charge in [-0.25, -0.2) is 4.79 Å². The molecule has 0 aromatic heterocycles. The number of halogens is 2. The SMILES string of the molecule is NC(=O)OC(c1ccc(Cl)cc1)C1(c2cccc(Cl)c2)CC1. The summed E-state index contributed by atoms with van der Waals surface area (Å²) in [6, 6.07) is 14.9. The van der Waals surface area contributed by atoms with E-state index in [0.29, 0.717) is 10.0 Å². The zero-order valence-electron chi connectivity index (χ0n) is 11.8. The molecule has 1 fully saturated rings. The minimum absolute atomic E-state index is 0.270. The average Bonchev–Trinajstić information content (AvgIpc) is 3.27. The number of ether oxygens (including phenoxy) is 1. The second-order valence-corrected chi connectivity index (χ2v) is 6.41. The third-order valence-electron chi connectivity index (χ3n) is 4.10. The lowest BCUT2D eigenvalue weighted by molar-refractivity contribution is 0.0820. The molecule has 114 valence electrons. The molecule has 0 bridgehead atoms. The Hall–Kier alpha value is -1.71. The molecule has 1 aliphatic rings. The topological polar surface area (TPSA) is 52.3 Å². The molecular formula is C17H15Cl2NO2. The van der Waals surface area contributed by atoms with Gasteiger partial charge in [0.15, 0.2) is 0 Å². The lowest BCUT2D eigenvalue weighted by Gasteiger charge is -2.27. The summed E-state index contributed by atoms with van der Waals surface area (Å²) in [6.07, 6.45) is 0.593. The van der Waals surface area contributed by atoms with Gasteiger partial charge in [-0.15, -0.1) is 0 Å². The van der Waals surface area contributed by atoms with Gasteiger partial charge >= 0.3 is 6.09 Å². The molecule has 1 atom stereocenters. The second kappa shape index (κ2) is 5.82. The number of amides is 1. The first kappa shape index (κ1) is 15.2. The molecular weight excluding hydrogens is 321 g/mol. The van der Waals surface area contributed by atoms with Gasteiger partial charge in [0.2, 0.25) is 0 Å². The molecule has 22 heavy (non-hydrogen) atoms. The highest BCUT2D eigenvalue weighted by Gasteiger charge is 2.53. The highest BCUT2D eigenvalue weighted by atomic mass is 35.5. The van der Waals surface area contributed by atoms with Crippen LogP contribution in [0.25, 0.3) is 0 Å². The number of carbonyl (C=O) groups is 1. The van der Waals surface area contributed by atoms with Crippen LogP contribution in [0.4, 0.5) is 4.79 Å². The number of hydrogen-bond donors (Lipinski definition) is 1. The van der Waals surface area contributed by atoms with Crippen LogP contribution < -0.4 is 5.73 Å². The molecule has 0 aliphatic heterocycles. The molecule has 3 nitrogen and oxygen atoms in total. The Balaban J connectivity index is 2.02. The van der Waals surface area contributed by atoms with Gasteiger partial charge in [-0.3, -0.25) is 0 Å². The van der Waals surface area contributed by atoms with Crippen LogP contribution in [0.1, 0.15) is 30.1 Å². The fourth-order valence-corrected chi connectivity index (χ4v) is 3.20. The van der Waals surface area contributed by atoms with Crippen LogP contribution in [0, 0.1) is 0 Å². The summed E-state index contributed by atoms with van der Waals surface area (Å²) in [5, 5.41) is 1.30. The van der Waals surface area contributed by atoms with Crippen LogP contribution in [0.15, 0.2) is 48.5 Å². The number of rotatable bonds is 4. The van der Waals surface area contributed by atoms with Crippen LogP contribution in [-0.4, -0.2) is 6.09 Å². The lowest BCUT2D eigenvalue weighted by atomic mass is 9.86. The van der Waals surface area contributed by atoms with Gasteiger partial charge in [0.1, 0.15) is 6.10 Å². The Morgan fingerprint density at radius 1 is 1.09 bits per heavy atom. The first-order chi connectivity index (χ1) is 10.5. The maximum Gasteiger partial charge on any atom is 0.405 e. The van der Waals surface area contributed by atoms with E-state index in [9.17, 15) is 4.79 Å². The van der Waals surface area contributed by atoms with Crippen LogP contribution in [0.5, 0.6) is 0 Å². The molecule has 5 heteroatoms. The molecule has 2 N–H and O–H groups in total. The number of carbonyl (C=O) groups excluding carboxylic acids is 1. The summed E-state index contributed by atoms with van der Waals surface area (Å²) >= 11 is 12.0. The molecule has 1 aliphatic carbocycles. The molecule has 1 unspecified atom stereocenters. The predicted molar refractivity (Wildman–Crippen MR) is 87.2 cm³/mol. The number of nitrogens with two attached hydrogens (primary N) is 1. The van der Waals surface area contributed by atoms with Gasteiger partial charge in [0, 0.05) is 15.5 Å². The van der Waals surface area contributed by atoms with Gasteiger partial charge in [0.05, 0.1) is 0 Å². The van der Waals surface area contributed by atoms with Crippen molar-refractivity contribution in [3.8, 4) is 0 Å². The van der Waals surface area contributed by atoms with Crippen LogP contribution >= 0.6 is 23.2 Å². The predicted octanol–water partition coefficient (Wildman–Crippen LogP) is 4.86. The van der Waals surface area contributed by atoms with E-state index >= 15 is 0 Å². The third kappa shape index (κ3) is 2.92. The summed E-state index contributed by atoms with van der Waals surface area (Å²) in [7, 11) is 0. The van der Waals surface area contributed by atoms with Crippen molar-refractivity contribution in [2.24, 2.45) is 5.73 Å². The number of hydrogen-bond acceptors (Lipinski definition) is 2. The number of primary amides is 1. The first-order valence-electron chi connectivity index (χ1n) is 6.99. The fourth-order valence-electron chi connectivity index (χ4n) is 2.89. The van der Waals surface area contributed by atoms with E-state index in [2.05, 4.69) is 0 Å². The normalized spacial score (nSPS) is 16.8. The van der Waals surface area contributed by atoms with Crippen molar-refractivity contribution >= 4 is 29.3 Å². The molecule has 0 radical (unpaired) electrons. The largest absolute Gasteiger partial charge is 0.441 e. The van der Waals surface area contributed by atoms with E-state index in [4.69, 9.17) is 33.7 Å². The Kier molecular flexibility index (Phi) is 4.02. The Morgan fingerprint density at radius 3 is 2.32 bits per heavy atom. The minimum atomic E-state index is -0.784. The summed E-state index contributed by atoms with van der Waals surface area (Å²) in [4.78, 5) is 11.4. The van der Waals surface area contributed by atoms with Crippen molar-refractivity contribution in [2.75, 3.05) is 0 Å². The van der Waals surface area contributed by atoms with Crippen molar-refractivity contribution < 1.29 is 9.53 Å². The van der Waals surface area contributed by atoms with Crippen LogP contribution in [0.3, 0.4) is 0 Å². The molecule has 0 spiro atoms. The van der Waals surface area contributed by atoms with Crippen molar-refractivity contribution in [2.45, 2.75) is 24.4 Å². The summed E-state index contributed by atoms with van der Waals surface area (Å²) in [6.45, 7) is 0. The summed E-state index contributed by atoms with van der Waals surface area (Å²) in [5.74, 6) is 0. The first-order valence-corrected chi connectivity index (χ1v) is 7.74. The van der Waals surface area contributed by atoms with E-state index < -0.39 is 12.2 Å². The minimum Gasteiger partial charge on any atom is -0.441 e. The number of benzene rings is 2. The Labute approximate surface area is 139 Å². The van der Waals surface area contributed by atoms with E-state index in [1.165, 1.54) is 0 Å². The molecule has 0 saturated heterocycles. The van der Waals surface area contributed by atoms with Crippen molar-refractivity contribution in [1.29, 1.82) is 0 Å². The lowest BCUT2D eigenvalue weighted by Crippen LogP contribution is -2.27. The van der Waals surface area contributed by atoms with Gasteiger partial charge < -0.3 is 10.5 Å². The Bertz CT molecular complexity index is 696. The van der Waals surface area contributed by atoms with Gasteiger partial charge in [-0.1, -0.05) is 47.5 Å². The highest BCUT2D eigenvalue weighted by molar-refractivity contribution is 6.30. The molecule has 2 aromatic rings. The average molecular weight is 336 g/mol. The smallest absolute Gasteiger partial charge is 0.405 e. The summed E-state index contributed by atoms with van der Waals surface area (Å²) < 4.78 is 5.45. The second-order valence-electron chi connectivity index (χ2n) is 5.53. The maximum absolute atomic E-state index is 11.4. The zero-order valence-corrected chi connectivity index (χ0v) is 13.3. The standard InChI is InChI=1S/C17H15Cl2NO2/c18-13-6-4-11(5-7-13)15(22-16(20)21)17(8-9-17)12-2-1-3-14(19)10-12/h1-7,10,15H,8-9H2,(H2,20,21). The van der Waals surface area contributed by atoms with Gasteiger partial charge in [-0.2, -0.15) is 0 Å².